The van der Waals surface area contributed by atoms with Gasteiger partial charge in [0.1, 0.15) is 0 Å². The molecule has 17 heavy (non-hydrogen) atoms. The molecule has 6 nitrogen and oxygen atoms in total. The molecule has 1 aromatic heterocycles. The van der Waals surface area contributed by atoms with Gasteiger partial charge in [0, 0.05) is 46.2 Å². The fourth-order valence-electron chi connectivity index (χ4n) is 1.39. The van der Waals surface area contributed by atoms with E-state index in [4.69, 9.17) is 9.47 Å². The average molecular weight is 242 g/mol. The zero-order valence-electron chi connectivity index (χ0n) is 10.7. The summed E-state index contributed by atoms with van der Waals surface area (Å²) in [7, 11) is 1.69. The molecule has 0 aliphatic carbocycles. The van der Waals surface area contributed by atoms with E-state index >= 15 is 0 Å². The Morgan fingerprint density at radius 2 is 2.29 bits per heavy atom. The van der Waals surface area contributed by atoms with E-state index < -0.39 is 0 Å². The molecule has 0 radical (unpaired) electrons. The number of aryl methyl sites for hydroxylation is 1. The van der Waals surface area contributed by atoms with Crippen LogP contribution in [-0.4, -0.2) is 48.5 Å². The molecule has 6 heteroatoms. The van der Waals surface area contributed by atoms with Crippen LogP contribution < -0.4 is 5.32 Å². The molecule has 0 aromatic carbocycles. The van der Waals surface area contributed by atoms with Gasteiger partial charge in [0.15, 0.2) is 0 Å². The van der Waals surface area contributed by atoms with Crippen molar-refractivity contribution < 1.29 is 9.47 Å². The lowest BCUT2D eigenvalue weighted by Crippen LogP contribution is -2.18. The number of ether oxygens (including phenoxy) is 2. The first-order chi connectivity index (χ1) is 8.36. The number of nitrogens with zero attached hydrogens (tertiary/aromatic N) is 3. The van der Waals surface area contributed by atoms with Crippen LogP contribution in [0.4, 0.5) is 0 Å². The van der Waals surface area contributed by atoms with Crippen LogP contribution in [0.3, 0.4) is 0 Å². The van der Waals surface area contributed by atoms with Crippen molar-refractivity contribution in [2.75, 3.05) is 33.5 Å². The molecule has 1 N–H and O–H groups in total. The van der Waals surface area contributed by atoms with E-state index in [0.29, 0.717) is 6.61 Å². The van der Waals surface area contributed by atoms with Gasteiger partial charge < -0.3 is 14.8 Å². The van der Waals surface area contributed by atoms with Crippen LogP contribution >= 0.6 is 0 Å². The van der Waals surface area contributed by atoms with Crippen LogP contribution in [0.1, 0.15) is 19.0 Å². The van der Waals surface area contributed by atoms with Crippen molar-refractivity contribution in [1.29, 1.82) is 0 Å². The Morgan fingerprint density at radius 3 is 3.06 bits per heavy atom. The quantitative estimate of drug-likeness (QED) is 0.603. The summed E-state index contributed by atoms with van der Waals surface area (Å²) in [6, 6.07) is 0. The molecule has 1 rings (SSSR count). The molecule has 0 bridgehead atoms. The first-order valence-corrected chi connectivity index (χ1v) is 6.03. The van der Waals surface area contributed by atoms with Crippen LogP contribution in [-0.2, 0) is 22.6 Å². The van der Waals surface area contributed by atoms with E-state index in [1.165, 1.54) is 0 Å². The summed E-state index contributed by atoms with van der Waals surface area (Å²) < 4.78 is 12.1. The Labute approximate surface area is 102 Å². The minimum Gasteiger partial charge on any atom is -0.383 e. The van der Waals surface area contributed by atoms with Crippen LogP contribution in [0.2, 0.25) is 0 Å². The van der Waals surface area contributed by atoms with Gasteiger partial charge in [-0.25, -0.2) is 0 Å². The third-order valence-corrected chi connectivity index (χ3v) is 2.26. The number of hydrogen-bond donors (Lipinski definition) is 1. The van der Waals surface area contributed by atoms with Gasteiger partial charge in [-0.3, -0.25) is 4.68 Å². The molecule has 0 aliphatic heterocycles. The van der Waals surface area contributed by atoms with Gasteiger partial charge in [-0.05, 0) is 13.3 Å². The van der Waals surface area contributed by atoms with Gasteiger partial charge in [-0.2, -0.15) is 0 Å². The summed E-state index contributed by atoms with van der Waals surface area (Å²) in [6.07, 6.45) is 2.93. The molecule has 98 valence electrons. The lowest BCUT2D eigenvalue weighted by atomic mass is 10.4. The average Bonchev–Trinajstić information content (AvgIpc) is 2.78. The van der Waals surface area contributed by atoms with Crippen molar-refractivity contribution in [1.82, 2.24) is 20.3 Å². The third kappa shape index (κ3) is 6.35. The number of nitrogens with one attached hydrogen (secondary N) is 1. The lowest BCUT2D eigenvalue weighted by Gasteiger charge is -2.01. The van der Waals surface area contributed by atoms with E-state index in [0.717, 1.165) is 45.0 Å². The van der Waals surface area contributed by atoms with Crippen molar-refractivity contribution in [3.05, 3.63) is 11.9 Å². The minimum atomic E-state index is 0.711. The zero-order chi connectivity index (χ0) is 12.3. The minimum absolute atomic E-state index is 0.711. The second-order valence-corrected chi connectivity index (χ2v) is 3.69. The topological polar surface area (TPSA) is 61.2 Å². The van der Waals surface area contributed by atoms with Crippen LogP contribution in [0.25, 0.3) is 0 Å². The summed E-state index contributed by atoms with van der Waals surface area (Å²) in [6.45, 7) is 6.67. The smallest absolute Gasteiger partial charge is 0.0964 e. The zero-order valence-corrected chi connectivity index (χ0v) is 10.7. The summed E-state index contributed by atoms with van der Waals surface area (Å²) in [5.74, 6) is 0. The molecule has 0 saturated carbocycles. The number of rotatable bonds is 10. The van der Waals surface area contributed by atoms with Gasteiger partial charge in [-0.15, -0.1) is 5.10 Å². The maximum absolute atomic E-state index is 5.27. The predicted molar refractivity (Wildman–Crippen MR) is 64.7 cm³/mol. The maximum Gasteiger partial charge on any atom is 0.0964 e. The van der Waals surface area contributed by atoms with E-state index in [2.05, 4.69) is 15.6 Å². The number of methoxy groups -OCH3 is 1. The number of aromatic nitrogens is 3. The normalized spacial score (nSPS) is 10.9. The van der Waals surface area contributed by atoms with Crippen molar-refractivity contribution in [3.63, 3.8) is 0 Å². The molecular formula is C11H22N4O2. The molecular weight excluding hydrogens is 220 g/mol. The Morgan fingerprint density at radius 1 is 1.41 bits per heavy atom. The second kappa shape index (κ2) is 9.09. The highest BCUT2D eigenvalue weighted by Gasteiger charge is 1.99. The van der Waals surface area contributed by atoms with E-state index in [1.54, 1.807) is 7.11 Å². The largest absolute Gasteiger partial charge is 0.383 e. The van der Waals surface area contributed by atoms with Gasteiger partial charge in [0.05, 0.1) is 12.3 Å². The van der Waals surface area contributed by atoms with Gasteiger partial charge >= 0.3 is 0 Å². The Kier molecular flexibility index (Phi) is 7.53. The summed E-state index contributed by atoms with van der Waals surface area (Å²) >= 11 is 0. The maximum atomic E-state index is 5.27. The standard InChI is InChI=1S/C11H22N4O2/c1-3-17-7-4-6-15-10-11(13-14-15)9-12-5-8-16-2/h10,12H,3-9H2,1-2H3. The van der Waals surface area contributed by atoms with Crippen molar-refractivity contribution in [2.24, 2.45) is 0 Å². The SMILES string of the molecule is CCOCCCn1cc(CNCCOC)nn1. The molecule has 0 fully saturated rings. The summed E-state index contributed by atoms with van der Waals surface area (Å²) in [4.78, 5) is 0. The summed E-state index contributed by atoms with van der Waals surface area (Å²) in [5, 5.41) is 11.4. The summed E-state index contributed by atoms with van der Waals surface area (Å²) in [5.41, 5.74) is 0.956. The molecule has 0 unspecified atom stereocenters. The highest BCUT2D eigenvalue weighted by Crippen LogP contribution is 1.95. The fraction of sp³-hybridized carbons (Fsp3) is 0.818. The van der Waals surface area contributed by atoms with Gasteiger partial charge in [0.25, 0.3) is 0 Å². The molecule has 1 aromatic rings. The Hall–Kier alpha value is -0.980. The molecule has 0 saturated heterocycles. The van der Waals surface area contributed by atoms with Crippen molar-refractivity contribution >= 4 is 0 Å². The third-order valence-electron chi connectivity index (χ3n) is 2.26. The molecule has 0 spiro atoms. The van der Waals surface area contributed by atoms with Crippen LogP contribution in [0, 0.1) is 0 Å². The highest BCUT2D eigenvalue weighted by molar-refractivity contribution is 4.91. The predicted octanol–water partition coefficient (Wildman–Crippen LogP) is 0.441. The van der Waals surface area contributed by atoms with E-state index in [9.17, 15) is 0 Å². The van der Waals surface area contributed by atoms with E-state index in [-0.39, 0.29) is 0 Å². The van der Waals surface area contributed by atoms with Crippen molar-refractivity contribution in [3.8, 4) is 0 Å². The Balaban J connectivity index is 2.14. The fourth-order valence-corrected chi connectivity index (χ4v) is 1.39. The molecule has 0 amide bonds. The number of hydrogen-bond acceptors (Lipinski definition) is 5. The lowest BCUT2D eigenvalue weighted by molar-refractivity contribution is 0.140. The van der Waals surface area contributed by atoms with E-state index in [1.807, 2.05) is 17.8 Å². The first kappa shape index (κ1) is 14.1. The van der Waals surface area contributed by atoms with Gasteiger partial charge in [0.2, 0.25) is 0 Å². The second-order valence-electron chi connectivity index (χ2n) is 3.69. The monoisotopic (exact) mass is 242 g/mol. The molecule has 0 aliphatic rings. The van der Waals surface area contributed by atoms with Crippen LogP contribution in [0.5, 0.6) is 0 Å². The first-order valence-electron chi connectivity index (χ1n) is 6.03. The van der Waals surface area contributed by atoms with Crippen LogP contribution in [0.15, 0.2) is 6.20 Å². The molecule has 1 heterocycles. The Bertz CT molecular complexity index is 264. The van der Waals surface area contributed by atoms with Gasteiger partial charge in [-0.1, -0.05) is 5.21 Å². The highest BCUT2D eigenvalue weighted by atomic mass is 16.5. The van der Waals surface area contributed by atoms with Crippen molar-refractivity contribution in [2.45, 2.75) is 26.4 Å². The molecule has 0 atom stereocenters.